The summed E-state index contributed by atoms with van der Waals surface area (Å²) in [7, 11) is 1.68. The summed E-state index contributed by atoms with van der Waals surface area (Å²) in [6.45, 7) is 2.11. The molecule has 4 rings (SSSR count). The van der Waals surface area contributed by atoms with Gasteiger partial charge in [0.15, 0.2) is 0 Å². The van der Waals surface area contributed by atoms with Crippen molar-refractivity contribution in [1.29, 1.82) is 0 Å². The summed E-state index contributed by atoms with van der Waals surface area (Å²) in [6, 6.07) is 11.7. The lowest BCUT2D eigenvalue weighted by Gasteiger charge is -2.26. The first-order valence-corrected chi connectivity index (χ1v) is 8.31. The van der Waals surface area contributed by atoms with Crippen molar-refractivity contribution in [1.82, 2.24) is 24.9 Å². The topological polar surface area (TPSA) is 77.1 Å². The third kappa shape index (κ3) is 3.51. The average Bonchev–Trinajstić information content (AvgIpc) is 3.04. The molecule has 0 fully saturated rings. The van der Waals surface area contributed by atoms with Crippen molar-refractivity contribution < 1.29 is 4.42 Å². The number of benzene rings is 1. The molecule has 0 unspecified atom stereocenters. The number of aromatic nitrogens is 4. The Kier molecular flexibility index (Phi) is 4.15. The van der Waals surface area contributed by atoms with Gasteiger partial charge in [-0.15, -0.1) is 10.2 Å². The van der Waals surface area contributed by atoms with Crippen molar-refractivity contribution in [2.24, 2.45) is 7.05 Å². The van der Waals surface area contributed by atoms with Crippen molar-refractivity contribution in [3.63, 3.8) is 0 Å². The van der Waals surface area contributed by atoms with Gasteiger partial charge in [0.05, 0.1) is 18.7 Å². The lowest BCUT2D eigenvalue weighted by Crippen LogP contribution is -2.34. The van der Waals surface area contributed by atoms with Crippen LogP contribution in [-0.2, 0) is 33.0 Å². The number of hydrogen-bond acceptors (Lipinski definition) is 6. The lowest BCUT2D eigenvalue weighted by molar-refractivity contribution is 0.216. The van der Waals surface area contributed by atoms with Crippen molar-refractivity contribution in [3.05, 3.63) is 75.4 Å². The fourth-order valence-electron chi connectivity index (χ4n) is 3.07. The second-order valence-electron chi connectivity index (χ2n) is 6.29. The van der Waals surface area contributed by atoms with E-state index in [2.05, 4.69) is 20.2 Å². The minimum absolute atomic E-state index is 0.0801. The van der Waals surface area contributed by atoms with Gasteiger partial charge in [-0.2, -0.15) is 5.10 Å². The molecule has 0 amide bonds. The Morgan fingerprint density at radius 2 is 1.96 bits per heavy atom. The molecule has 0 saturated heterocycles. The Balaban J connectivity index is 1.43. The predicted molar refractivity (Wildman–Crippen MR) is 90.8 cm³/mol. The van der Waals surface area contributed by atoms with Crippen LogP contribution >= 0.6 is 0 Å². The molecule has 1 aliphatic heterocycles. The van der Waals surface area contributed by atoms with Crippen molar-refractivity contribution in [2.75, 3.05) is 6.54 Å². The molecular formula is C18H19N5O2. The van der Waals surface area contributed by atoms with Crippen molar-refractivity contribution in [2.45, 2.75) is 25.9 Å². The highest BCUT2D eigenvalue weighted by Crippen LogP contribution is 2.17. The van der Waals surface area contributed by atoms with Gasteiger partial charge in [0.1, 0.15) is 0 Å². The molecule has 3 heterocycles. The minimum Gasteiger partial charge on any atom is -0.424 e. The average molecular weight is 337 g/mol. The molecule has 0 saturated carbocycles. The zero-order chi connectivity index (χ0) is 17.2. The maximum absolute atomic E-state index is 11.8. The smallest absolute Gasteiger partial charge is 0.266 e. The normalized spacial score (nSPS) is 14.4. The molecule has 2 aromatic heterocycles. The van der Waals surface area contributed by atoms with Crippen LogP contribution in [-0.4, -0.2) is 31.4 Å². The van der Waals surface area contributed by atoms with Gasteiger partial charge in [0.25, 0.3) is 5.56 Å². The van der Waals surface area contributed by atoms with Gasteiger partial charge < -0.3 is 4.42 Å². The molecule has 3 aromatic rings. The van der Waals surface area contributed by atoms with E-state index >= 15 is 0 Å². The van der Waals surface area contributed by atoms with Crippen LogP contribution in [0.3, 0.4) is 0 Å². The van der Waals surface area contributed by atoms with Crippen LogP contribution < -0.4 is 5.56 Å². The standard InChI is InChI=1S/C18H19N5O2/c1-22-18(24)10-14-11-23(8-7-15(14)21-22)12-17-20-19-16(25-17)9-13-5-3-2-4-6-13/h2-6,10H,7-9,11-12H2,1H3. The molecule has 0 atom stereocenters. The zero-order valence-corrected chi connectivity index (χ0v) is 14.1. The van der Waals surface area contributed by atoms with Gasteiger partial charge in [0, 0.05) is 32.6 Å². The summed E-state index contributed by atoms with van der Waals surface area (Å²) < 4.78 is 7.17. The first-order valence-electron chi connectivity index (χ1n) is 8.31. The zero-order valence-electron chi connectivity index (χ0n) is 14.1. The Labute approximate surface area is 144 Å². The van der Waals surface area contributed by atoms with Crippen LogP contribution in [0.5, 0.6) is 0 Å². The summed E-state index contributed by atoms with van der Waals surface area (Å²) in [5.74, 6) is 1.22. The second kappa shape index (κ2) is 6.60. The van der Waals surface area contributed by atoms with Crippen LogP contribution in [0.1, 0.15) is 28.6 Å². The third-order valence-corrected chi connectivity index (χ3v) is 4.38. The van der Waals surface area contributed by atoms with E-state index in [4.69, 9.17) is 4.42 Å². The summed E-state index contributed by atoms with van der Waals surface area (Å²) in [6.07, 6.45) is 1.45. The summed E-state index contributed by atoms with van der Waals surface area (Å²) in [5, 5.41) is 12.6. The van der Waals surface area contributed by atoms with Gasteiger partial charge >= 0.3 is 0 Å². The third-order valence-electron chi connectivity index (χ3n) is 4.38. The van der Waals surface area contributed by atoms with Crippen molar-refractivity contribution >= 4 is 0 Å². The molecule has 0 aliphatic carbocycles. The van der Waals surface area contributed by atoms with Crippen LogP contribution in [0, 0.1) is 0 Å². The molecule has 0 N–H and O–H groups in total. The molecule has 7 heteroatoms. The molecule has 1 aliphatic rings. The largest absolute Gasteiger partial charge is 0.424 e. The number of hydrogen-bond donors (Lipinski definition) is 0. The van der Waals surface area contributed by atoms with Crippen molar-refractivity contribution in [3.8, 4) is 0 Å². The van der Waals surface area contributed by atoms with Gasteiger partial charge in [-0.05, 0) is 11.1 Å². The number of aryl methyl sites for hydroxylation is 1. The van der Waals surface area contributed by atoms with E-state index in [9.17, 15) is 4.79 Å². The van der Waals surface area contributed by atoms with Gasteiger partial charge in [-0.1, -0.05) is 30.3 Å². The number of fused-ring (bicyclic) bond motifs is 1. The van der Waals surface area contributed by atoms with E-state index in [0.29, 0.717) is 31.3 Å². The molecule has 7 nitrogen and oxygen atoms in total. The summed E-state index contributed by atoms with van der Waals surface area (Å²) in [4.78, 5) is 14.0. The van der Waals surface area contributed by atoms with E-state index in [1.54, 1.807) is 13.1 Å². The molecule has 1 aromatic carbocycles. The second-order valence-corrected chi connectivity index (χ2v) is 6.29. The van der Waals surface area contributed by atoms with E-state index in [1.165, 1.54) is 4.68 Å². The predicted octanol–water partition coefficient (Wildman–Crippen LogP) is 1.31. The SMILES string of the molecule is Cn1nc2c(cc1=O)CN(Cc1nnc(Cc3ccccc3)o1)CC2. The van der Waals surface area contributed by atoms with E-state index in [-0.39, 0.29) is 5.56 Å². The maximum atomic E-state index is 11.8. The molecular weight excluding hydrogens is 318 g/mol. The van der Waals surface area contributed by atoms with E-state index in [0.717, 1.165) is 29.8 Å². The molecule has 25 heavy (non-hydrogen) atoms. The first-order chi connectivity index (χ1) is 12.2. The van der Waals surface area contributed by atoms with E-state index < -0.39 is 0 Å². The summed E-state index contributed by atoms with van der Waals surface area (Å²) >= 11 is 0. The molecule has 0 spiro atoms. The highest BCUT2D eigenvalue weighted by molar-refractivity contribution is 5.21. The Bertz CT molecular complexity index is 932. The summed E-state index contributed by atoms with van der Waals surface area (Å²) in [5.41, 5.74) is 3.04. The van der Waals surface area contributed by atoms with Crippen LogP contribution in [0.25, 0.3) is 0 Å². The lowest BCUT2D eigenvalue weighted by atomic mass is 10.1. The number of rotatable bonds is 4. The van der Waals surface area contributed by atoms with Gasteiger partial charge in [-0.25, -0.2) is 4.68 Å². The Hall–Kier alpha value is -2.80. The quantitative estimate of drug-likeness (QED) is 0.714. The molecule has 0 radical (unpaired) electrons. The fourth-order valence-corrected chi connectivity index (χ4v) is 3.07. The Morgan fingerprint density at radius 3 is 2.80 bits per heavy atom. The van der Waals surface area contributed by atoms with Crippen LogP contribution in [0.4, 0.5) is 0 Å². The monoisotopic (exact) mass is 337 g/mol. The Morgan fingerprint density at radius 1 is 1.16 bits per heavy atom. The maximum Gasteiger partial charge on any atom is 0.266 e. The van der Waals surface area contributed by atoms with Gasteiger partial charge in [-0.3, -0.25) is 9.69 Å². The highest BCUT2D eigenvalue weighted by Gasteiger charge is 2.20. The van der Waals surface area contributed by atoms with Crippen LogP contribution in [0.15, 0.2) is 45.6 Å². The van der Waals surface area contributed by atoms with Crippen LogP contribution in [0.2, 0.25) is 0 Å². The number of nitrogens with zero attached hydrogens (tertiary/aromatic N) is 5. The molecule has 128 valence electrons. The first kappa shape index (κ1) is 15.7. The van der Waals surface area contributed by atoms with E-state index in [1.807, 2.05) is 30.3 Å². The molecule has 0 bridgehead atoms. The minimum atomic E-state index is -0.0801. The highest BCUT2D eigenvalue weighted by atomic mass is 16.4. The van der Waals surface area contributed by atoms with Gasteiger partial charge in [0.2, 0.25) is 11.8 Å². The fraction of sp³-hybridized carbons (Fsp3) is 0.333.